The Morgan fingerprint density at radius 3 is 3.00 bits per heavy atom. The van der Waals surface area contributed by atoms with Crippen molar-refractivity contribution < 1.29 is 13.7 Å². The van der Waals surface area contributed by atoms with E-state index < -0.39 is 5.82 Å². The van der Waals surface area contributed by atoms with Gasteiger partial charge in [-0.2, -0.15) is 4.98 Å². The van der Waals surface area contributed by atoms with Crippen LogP contribution in [0.1, 0.15) is 17.3 Å². The number of H-pyrrole nitrogens is 1. The van der Waals surface area contributed by atoms with Crippen LogP contribution in [-0.4, -0.2) is 27.7 Å². The fourth-order valence-electron chi connectivity index (χ4n) is 2.36. The Kier molecular flexibility index (Phi) is 4.66. The lowest BCUT2D eigenvalue weighted by molar-refractivity contribution is 0.240. The summed E-state index contributed by atoms with van der Waals surface area (Å²) in [6.45, 7) is 2.24. The fraction of sp³-hybridized carbons (Fsp3) is 0.267. The third-order valence-corrected chi connectivity index (χ3v) is 3.67. The summed E-state index contributed by atoms with van der Waals surface area (Å²) in [5.74, 6) is 0.451. The Bertz CT molecular complexity index is 876. The van der Waals surface area contributed by atoms with Crippen LogP contribution in [0.4, 0.5) is 9.18 Å². The zero-order valence-electron chi connectivity index (χ0n) is 12.8. The first-order valence-corrected chi connectivity index (χ1v) is 7.66. The van der Waals surface area contributed by atoms with Crippen molar-refractivity contribution in [1.29, 1.82) is 0 Å². The predicted molar refractivity (Wildman–Crippen MR) is 86.2 cm³/mol. The number of fused-ring (bicyclic) bond motifs is 1. The number of nitrogens with zero attached hydrogens (tertiary/aromatic N) is 2. The maximum absolute atomic E-state index is 13.8. The van der Waals surface area contributed by atoms with Gasteiger partial charge in [-0.25, -0.2) is 9.18 Å². The van der Waals surface area contributed by atoms with Crippen LogP contribution in [0.15, 0.2) is 22.9 Å². The molecule has 9 heteroatoms. The van der Waals surface area contributed by atoms with Gasteiger partial charge in [-0.1, -0.05) is 16.8 Å². The van der Waals surface area contributed by atoms with E-state index in [1.807, 2.05) is 0 Å². The molecular weight excluding hydrogens is 337 g/mol. The number of carbonyl (C=O) groups is 1. The molecule has 0 spiro atoms. The lowest BCUT2D eigenvalue weighted by Gasteiger charge is -2.05. The van der Waals surface area contributed by atoms with Gasteiger partial charge in [0.2, 0.25) is 5.89 Å². The number of hydrogen-bond acceptors (Lipinski definition) is 4. The number of amides is 2. The van der Waals surface area contributed by atoms with Crippen LogP contribution >= 0.6 is 11.6 Å². The summed E-state index contributed by atoms with van der Waals surface area (Å²) in [4.78, 5) is 18.6. The van der Waals surface area contributed by atoms with Gasteiger partial charge in [0.1, 0.15) is 5.82 Å². The van der Waals surface area contributed by atoms with E-state index >= 15 is 0 Å². The highest BCUT2D eigenvalue weighted by molar-refractivity contribution is 6.31. The molecule has 0 unspecified atom stereocenters. The number of urea groups is 1. The number of aryl methyl sites for hydroxylation is 1. The van der Waals surface area contributed by atoms with E-state index in [4.69, 9.17) is 16.1 Å². The molecule has 7 nitrogen and oxygen atoms in total. The Hall–Kier alpha value is -2.61. The van der Waals surface area contributed by atoms with Gasteiger partial charge in [-0.05, 0) is 24.1 Å². The molecular formula is C15H15ClFN5O2. The Labute approximate surface area is 141 Å². The van der Waals surface area contributed by atoms with Crippen LogP contribution < -0.4 is 10.6 Å². The summed E-state index contributed by atoms with van der Waals surface area (Å²) < 4.78 is 18.6. The fourth-order valence-corrected chi connectivity index (χ4v) is 2.57. The standard InChI is InChI=1S/C15H15ClFN5O2/c1-8-21-13(22-24-8)7-20-15(23)18-3-2-9-6-19-14-11(9)4-10(16)5-12(14)17/h4-6,19H,2-3,7H2,1H3,(H2,18,20,23). The summed E-state index contributed by atoms with van der Waals surface area (Å²) in [7, 11) is 0. The first-order chi connectivity index (χ1) is 11.5. The van der Waals surface area contributed by atoms with Crippen molar-refractivity contribution in [3.8, 4) is 0 Å². The lowest BCUT2D eigenvalue weighted by atomic mass is 10.1. The molecule has 0 fully saturated rings. The Morgan fingerprint density at radius 1 is 1.42 bits per heavy atom. The molecule has 0 bridgehead atoms. The predicted octanol–water partition coefficient (Wildman–Crippen LogP) is 2.69. The van der Waals surface area contributed by atoms with Crippen LogP contribution in [-0.2, 0) is 13.0 Å². The molecule has 3 rings (SSSR count). The molecule has 0 atom stereocenters. The van der Waals surface area contributed by atoms with Gasteiger partial charge in [-0.3, -0.25) is 0 Å². The second-order valence-corrected chi connectivity index (χ2v) is 5.65. The van der Waals surface area contributed by atoms with Crippen molar-refractivity contribution >= 4 is 28.5 Å². The van der Waals surface area contributed by atoms with Crippen molar-refractivity contribution in [3.05, 3.63) is 46.4 Å². The molecule has 2 heterocycles. The van der Waals surface area contributed by atoms with Crippen molar-refractivity contribution in [3.63, 3.8) is 0 Å². The Morgan fingerprint density at radius 2 is 2.25 bits per heavy atom. The Balaban J connectivity index is 1.52. The third-order valence-electron chi connectivity index (χ3n) is 3.45. The summed E-state index contributed by atoms with van der Waals surface area (Å²) in [5, 5.41) is 10.1. The second-order valence-electron chi connectivity index (χ2n) is 5.21. The van der Waals surface area contributed by atoms with Crippen molar-refractivity contribution in [1.82, 2.24) is 25.8 Å². The summed E-state index contributed by atoms with van der Waals surface area (Å²) >= 11 is 5.89. The van der Waals surface area contributed by atoms with E-state index in [1.54, 1.807) is 19.2 Å². The number of aromatic amines is 1. The summed E-state index contributed by atoms with van der Waals surface area (Å²) in [6.07, 6.45) is 2.25. The van der Waals surface area contributed by atoms with Gasteiger partial charge in [-0.15, -0.1) is 0 Å². The van der Waals surface area contributed by atoms with Gasteiger partial charge in [0.15, 0.2) is 5.82 Å². The zero-order valence-corrected chi connectivity index (χ0v) is 13.6. The SMILES string of the molecule is Cc1nc(CNC(=O)NCCc2c[nH]c3c(F)cc(Cl)cc23)no1. The molecule has 2 aromatic heterocycles. The molecule has 0 aliphatic carbocycles. The first kappa shape index (κ1) is 16.3. The molecule has 3 N–H and O–H groups in total. The highest BCUT2D eigenvalue weighted by atomic mass is 35.5. The van der Waals surface area contributed by atoms with Gasteiger partial charge < -0.3 is 20.1 Å². The number of halogens is 2. The van der Waals surface area contributed by atoms with Crippen LogP contribution in [0.2, 0.25) is 5.02 Å². The summed E-state index contributed by atoms with van der Waals surface area (Å²) in [5.41, 5.74) is 1.28. The molecule has 2 amide bonds. The maximum atomic E-state index is 13.8. The zero-order chi connectivity index (χ0) is 17.1. The minimum atomic E-state index is -0.398. The van der Waals surface area contributed by atoms with E-state index in [1.165, 1.54) is 6.07 Å². The van der Waals surface area contributed by atoms with E-state index in [2.05, 4.69) is 25.8 Å². The van der Waals surface area contributed by atoms with Gasteiger partial charge >= 0.3 is 6.03 Å². The summed E-state index contributed by atoms with van der Waals surface area (Å²) in [6, 6.07) is 2.61. The molecule has 3 aromatic rings. The second kappa shape index (κ2) is 6.88. The smallest absolute Gasteiger partial charge is 0.315 e. The number of nitrogens with one attached hydrogen (secondary N) is 3. The molecule has 0 radical (unpaired) electrons. The van der Waals surface area contributed by atoms with E-state index in [0.717, 1.165) is 5.56 Å². The molecule has 0 saturated carbocycles. The number of carbonyl (C=O) groups excluding carboxylic acids is 1. The molecule has 24 heavy (non-hydrogen) atoms. The van der Waals surface area contributed by atoms with Gasteiger partial charge in [0.05, 0.1) is 12.1 Å². The van der Waals surface area contributed by atoms with Gasteiger partial charge in [0.25, 0.3) is 0 Å². The van der Waals surface area contributed by atoms with E-state index in [9.17, 15) is 9.18 Å². The molecule has 126 valence electrons. The third kappa shape index (κ3) is 3.65. The number of aromatic nitrogens is 3. The van der Waals surface area contributed by atoms with E-state index in [-0.39, 0.29) is 12.6 Å². The van der Waals surface area contributed by atoms with Crippen LogP contribution in [0.3, 0.4) is 0 Å². The molecule has 0 aliphatic heterocycles. The topological polar surface area (TPSA) is 95.8 Å². The molecule has 0 aliphatic rings. The average molecular weight is 352 g/mol. The average Bonchev–Trinajstić information content (AvgIpc) is 3.12. The van der Waals surface area contributed by atoms with Crippen LogP contribution in [0.5, 0.6) is 0 Å². The largest absolute Gasteiger partial charge is 0.359 e. The molecule has 1 aromatic carbocycles. The highest BCUT2D eigenvalue weighted by Crippen LogP contribution is 2.25. The van der Waals surface area contributed by atoms with Crippen molar-refractivity contribution in [2.45, 2.75) is 19.9 Å². The minimum Gasteiger partial charge on any atom is -0.359 e. The first-order valence-electron chi connectivity index (χ1n) is 7.29. The maximum Gasteiger partial charge on any atom is 0.315 e. The van der Waals surface area contributed by atoms with Gasteiger partial charge in [0, 0.05) is 30.1 Å². The van der Waals surface area contributed by atoms with Crippen molar-refractivity contribution in [2.24, 2.45) is 0 Å². The normalized spacial score (nSPS) is 11.0. The van der Waals surface area contributed by atoms with Crippen LogP contribution in [0.25, 0.3) is 10.9 Å². The monoisotopic (exact) mass is 351 g/mol. The molecule has 0 saturated heterocycles. The van der Waals surface area contributed by atoms with Crippen LogP contribution in [0, 0.1) is 12.7 Å². The number of hydrogen-bond donors (Lipinski definition) is 3. The quantitative estimate of drug-likeness (QED) is 0.658. The highest BCUT2D eigenvalue weighted by Gasteiger charge is 2.10. The van der Waals surface area contributed by atoms with E-state index in [0.29, 0.717) is 40.6 Å². The minimum absolute atomic E-state index is 0.178. The lowest BCUT2D eigenvalue weighted by Crippen LogP contribution is -2.36. The number of rotatable bonds is 5. The number of benzene rings is 1. The van der Waals surface area contributed by atoms with Crippen molar-refractivity contribution in [2.75, 3.05) is 6.54 Å².